The molecule has 0 aliphatic rings. The number of methoxy groups -OCH3 is 1. The highest BCUT2D eigenvalue weighted by molar-refractivity contribution is 7.89. The minimum atomic E-state index is -4.02. The van der Waals surface area contributed by atoms with Gasteiger partial charge in [-0.3, -0.25) is 10.2 Å². The summed E-state index contributed by atoms with van der Waals surface area (Å²) in [5.41, 5.74) is 4.69. The normalized spacial score (nSPS) is 11.4. The Bertz CT molecular complexity index is 1370. The predicted octanol–water partition coefficient (Wildman–Crippen LogP) is 3.29. The molecule has 4 rings (SSSR count). The number of rotatable bonds is 6. The van der Waals surface area contributed by atoms with Crippen molar-refractivity contribution in [1.29, 1.82) is 0 Å². The van der Waals surface area contributed by atoms with Gasteiger partial charge in [-0.2, -0.15) is 0 Å². The second kappa shape index (κ2) is 8.38. The molecule has 0 aliphatic heterocycles. The van der Waals surface area contributed by atoms with Gasteiger partial charge in [-0.05, 0) is 48.5 Å². The van der Waals surface area contributed by atoms with E-state index in [4.69, 9.17) is 16.3 Å². The van der Waals surface area contributed by atoms with Crippen LogP contribution in [0, 0.1) is 0 Å². The molecule has 0 atom stereocenters. The quantitative estimate of drug-likeness (QED) is 0.433. The molecule has 0 radical (unpaired) electrons. The van der Waals surface area contributed by atoms with Gasteiger partial charge in [0.05, 0.1) is 23.4 Å². The number of pyridine rings is 1. The van der Waals surface area contributed by atoms with Gasteiger partial charge in [-0.1, -0.05) is 23.7 Å². The minimum absolute atomic E-state index is 0.0511. The van der Waals surface area contributed by atoms with Crippen molar-refractivity contribution < 1.29 is 17.9 Å². The maximum Gasteiger partial charge on any atom is 0.267 e. The zero-order valence-electron chi connectivity index (χ0n) is 16.2. The Morgan fingerprint density at radius 2 is 1.77 bits per heavy atom. The molecule has 8 nitrogen and oxygen atoms in total. The number of hydrogen-bond donors (Lipinski definition) is 2. The maximum atomic E-state index is 12.5. The van der Waals surface area contributed by atoms with Gasteiger partial charge in [0.2, 0.25) is 0 Å². The van der Waals surface area contributed by atoms with Gasteiger partial charge in [-0.25, -0.2) is 13.4 Å². The molecule has 0 bridgehead atoms. The first-order valence-corrected chi connectivity index (χ1v) is 10.9. The number of fused-ring (bicyclic) bond motifs is 1. The molecule has 0 saturated heterocycles. The number of carbonyl (C=O) groups excluding carboxylic acids is 1. The summed E-state index contributed by atoms with van der Waals surface area (Å²) in [4.78, 5) is 18.9. The lowest BCUT2D eigenvalue weighted by Gasteiger charge is -2.09. The van der Waals surface area contributed by atoms with E-state index >= 15 is 0 Å². The fourth-order valence-electron chi connectivity index (χ4n) is 2.93. The number of imidazole rings is 1. The monoisotopic (exact) mass is 456 g/mol. The van der Waals surface area contributed by atoms with Gasteiger partial charge in [-0.15, -0.1) is 4.83 Å². The van der Waals surface area contributed by atoms with Crippen molar-refractivity contribution in [1.82, 2.24) is 19.6 Å². The Morgan fingerprint density at radius 3 is 2.48 bits per heavy atom. The van der Waals surface area contributed by atoms with Crippen molar-refractivity contribution in [3.05, 3.63) is 83.6 Å². The Balaban J connectivity index is 1.52. The molecular formula is C21H17ClN4O4S. The van der Waals surface area contributed by atoms with Crippen LogP contribution in [0.2, 0.25) is 5.02 Å². The lowest BCUT2D eigenvalue weighted by atomic mass is 10.2. The van der Waals surface area contributed by atoms with Gasteiger partial charge in [0, 0.05) is 18.0 Å². The summed E-state index contributed by atoms with van der Waals surface area (Å²) in [6, 6.07) is 16.6. The molecule has 10 heteroatoms. The van der Waals surface area contributed by atoms with Crippen LogP contribution in [0.15, 0.2) is 78.0 Å². The van der Waals surface area contributed by atoms with Gasteiger partial charge in [0.25, 0.3) is 15.9 Å². The van der Waals surface area contributed by atoms with E-state index in [2.05, 4.69) is 15.2 Å². The topological polar surface area (TPSA) is 102 Å². The number of hydrazine groups is 1. The maximum absolute atomic E-state index is 12.5. The zero-order valence-corrected chi connectivity index (χ0v) is 17.8. The molecule has 2 aromatic heterocycles. The number of halogens is 1. The third-order valence-electron chi connectivity index (χ3n) is 4.52. The molecule has 2 N–H and O–H groups in total. The molecule has 2 heterocycles. The molecule has 158 valence electrons. The van der Waals surface area contributed by atoms with Crippen LogP contribution >= 0.6 is 11.6 Å². The average Bonchev–Trinajstić information content (AvgIpc) is 3.21. The van der Waals surface area contributed by atoms with E-state index in [-0.39, 0.29) is 15.5 Å². The van der Waals surface area contributed by atoms with Crippen LogP contribution in [0.25, 0.3) is 16.9 Å². The molecule has 0 unspecified atom stereocenters. The van der Waals surface area contributed by atoms with E-state index in [0.717, 1.165) is 17.0 Å². The van der Waals surface area contributed by atoms with Crippen molar-refractivity contribution in [2.75, 3.05) is 7.11 Å². The molecule has 0 fully saturated rings. The number of benzene rings is 2. The Hall–Kier alpha value is -3.40. The number of amides is 1. The number of aromatic nitrogens is 2. The van der Waals surface area contributed by atoms with Crippen LogP contribution in [0.5, 0.6) is 5.75 Å². The molecule has 0 aliphatic carbocycles. The number of ether oxygens (including phenoxy) is 1. The molecule has 0 saturated carbocycles. The summed E-state index contributed by atoms with van der Waals surface area (Å²) < 4.78 is 31.6. The van der Waals surface area contributed by atoms with E-state index in [1.807, 2.05) is 24.3 Å². The third-order valence-corrected chi connectivity index (χ3v) is 6.27. The highest BCUT2D eigenvalue weighted by Gasteiger charge is 2.19. The Kier molecular flexibility index (Phi) is 5.64. The first-order valence-electron chi connectivity index (χ1n) is 9.07. The SMILES string of the molecule is COc1ccc(-c2cn3cc(C(=O)NNS(=O)(=O)c4ccccc4Cl)ccc3n2)cc1. The Labute approximate surface area is 183 Å². The number of sulfonamides is 1. The molecule has 4 aromatic rings. The minimum Gasteiger partial charge on any atom is -0.497 e. The molecule has 1 amide bonds. The predicted molar refractivity (Wildman–Crippen MR) is 116 cm³/mol. The van der Waals surface area contributed by atoms with Gasteiger partial charge < -0.3 is 9.14 Å². The second-order valence-electron chi connectivity index (χ2n) is 6.53. The van der Waals surface area contributed by atoms with Gasteiger partial charge >= 0.3 is 0 Å². The summed E-state index contributed by atoms with van der Waals surface area (Å²) in [5.74, 6) is 0.114. The first kappa shape index (κ1) is 20.9. The summed E-state index contributed by atoms with van der Waals surface area (Å²) in [7, 11) is -2.42. The van der Waals surface area contributed by atoms with Crippen molar-refractivity contribution >= 4 is 33.2 Å². The largest absolute Gasteiger partial charge is 0.497 e. The van der Waals surface area contributed by atoms with Crippen molar-refractivity contribution in [3.63, 3.8) is 0 Å². The van der Waals surface area contributed by atoms with E-state index in [0.29, 0.717) is 5.65 Å². The zero-order chi connectivity index (χ0) is 22.0. The first-order chi connectivity index (χ1) is 14.9. The second-order valence-corrected chi connectivity index (χ2v) is 8.59. The fraction of sp³-hybridized carbons (Fsp3) is 0.0476. The lowest BCUT2D eigenvalue weighted by Crippen LogP contribution is -2.41. The highest BCUT2D eigenvalue weighted by atomic mass is 35.5. The lowest BCUT2D eigenvalue weighted by molar-refractivity contribution is 0.0944. The number of hydrogen-bond acceptors (Lipinski definition) is 5. The van der Waals surface area contributed by atoms with Crippen LogP contribution in [0.3, 0.4) is 0 Å². The van der Waals surface area contributed by atoms with E-state index in [1.54, 1.807) is 42.1 Å². The molecule has 31 heavy (non-hydrogen) atoms. The summed E-state index contributed by atoms with van der Waals surface area (Å²) in [6.07, 6.45) is 3.34. The smallest absolute Gasteiger partial charge is 0.267 e. The molecule has 2 aromatic carbocycles. The van der Waals surface area contributed by atoms with E-state index in [9.17, 15) is 13.2 Å². The van der Waals surface area contributed by atoms with E-state index in [1.165, 1.54) is 18.2 Å². The third kappa shape index (κ3) is 4.38. The summed E-state index contributed by atoms with van der Waals surface area (Å²) >= 11 is 5.93. The van der Waals surface area contributed by atoms with Crippen LogP contribution in [-0.2, 0) is 10.0 Å². The van der Waals surface area contributed by atoms with Crippen LogP contribution in [-0.4, -0.2) is 30.8 Å². The molecule has 0 spiro atoms. The average molecular weight is 457 g/mol. The number of nitrogens with zero attached hydrogens (tertiary/aromatic N) is 2. The fourth-order valence-corrected chi connectivity index (χ4v) is 4.29. The van der Waals surface area contributed by atoms with Gasteiger partial charge in [0.15, 0.2) is 0 Å². The van der Waals surface area contributed by atoms with Crippen LogP contribution < -0.4 is 15.0 Å². The summed E-state index contributed by atoms with van der Waals surface area (Å²) in [5, 5.41) is 0.0511. The van der Waals surface area contributed by atoms with Crippen molar-refractivity contribution in [2.45, 2.75) is 4.90 Å². The van der Waals surface area contributed by atoms with Crippen molar-refractivity contribution in [2.24, 2.45) is 0 Å². The van der Waals surface area contributed by atoms with Crippen molar-refractivity contribution in [3.8, 4) is 17.0 Å². The number of nitrogens with one attached hydrogen (secondary N) is 2. The number of carbonyl (C=O) groups is 1. The van der Waals surface area contributed by atoms with Crippen LogP contribution in [0.1, 0.15) is 10.4 Å². The highest BCUT2D eigenvalue weighted by Crippen LogP contribution is 2.23. The standard InChI is InChI=1S/C21H17ClN4O4S/c1-30-16-9-6-14(7-10-16)18-13-26-12-15(8-11-20(26)23-18)21(27)24-25-31(28,29)19-5-3-2-4-17(19)22/h2-13,25H,1H3,(H,24,27). The van der Waals surface area contributed by atoms with Gasteiger partial charge in [0.1, 0.15) is 16.3 Å². The molecular weight excluding hydrogens is 440 g/mol. The summed E-state index contributed by atoms with van der Waals surface area (Å²) in [6.45, 7) is 0. The van der Waals surface area contributed by atoms with E-state index < -0.39 is 15.9 Å². The Morgan fingerprint density at radius 1 is 1.03 bits per heavy atom. The van der Waals surface area contributed by atoms with Crippen LogP contribution in [0.4, 0.5) is 0 Å².